The van der Waals surface area contributed by atoms with Gasteiger partial charge in [0.15, 0.2) is 0 Å². The van der Waals surface area contributed by atoms with Gasteiger partial charge in [-0.1, -0.05) is 19.9 Å². The van der Waals surface area contributed by atoms with Gasteiger partial charge in [0.2, 0.25) is 0 Å². The Morgan fingerprint density at radius 1 is 1.29 bits per heavy atom. The number of ether oxygens (including phenoxy) is 1. The standard InChI is InChI=1S/C12H24O4Si/c1-5-9-11(16-12(13)6-2)10-17(14-7-3)15-8-4/h6,11,17H,2,5,7-10H2,1,3-4H3. The van der Waals surface area contributed by atoms with Gasteiger partial charge in [-0.2, -0.15) is 0 Å². The number of carbonyl (C=O) groups is 1. The zero-order valence-corrected chi connectivity index (χ0v) is 12.3. The Morgan fingerprint density at radius 2 is 1.88 bits per heavy atom. The van der Waals surface area contributed by atoms with Crippen LogP contribution in [0.3, 0.4) is 0 Å². The van der Waals surface area contributed by atoms with E-state index >= 15 is 0 Å². The fourth-order valence-electron chi connectivity index (χ4n) is 1.53. The molecular formula is C12H24O4Si. The summed E-state index contributed by atoms with van der Waals surface area (Å²) >= 11 is 0. The molecule has 0 radical (unpaired) electrons. The quantitative estimate of drug-likeness (QED) is 0.343. The van der Waals surface area contributed by atoms with E-state index in [9.17, 15) is 4.79 Å². The molecule has 17 heavy (non-hydrogen) atoms. The van der Waals surface area contributed by atoms with Crippen LogP contribution in [0.2, 0.25) is 6.04 Å². The number of rotatable bonds is 10. The minimum absolute atomic E-state index is 0.111. The Bertz CT molecular complexity index is 215. The molecule has 0 heterocycles. The lowest BCUT2D eigenvalue weighted by atomic mass is 10.2. The molecule has 5 heteroatoms. The molecule has 0 aromatic carbocycles. The molecule has 0 saturated heterocycles. The number of hydrogen-bond acceptors (Lipinski definition) is 4. The van der Waals surface area contributed by atoms with Crippen molar-refractivity contribution in [3.8, 4) is 0 Å². The van der Waals surface area contributed by atoms with Crippen LogP contribution in [0.5, 0.6) is 0 Å². The molecule has 0 spiro atoms. The molecule has 0 fully saturated rings. The van der Waals surface area contributed by atoms with Crippen molar-refractivity contribution < 1.29 is 18.4 Å². The van der Waals surface area contributed by atoms with Gasteiger partial charge in [-0.3, -0.25) is 0 Å². The Labute approximate surface area is 106 Å². The Balaban J connectivity index is 4.25. The van der Waals surface area contributed by atoms with E-state index in [0.29, 0.717) is 19.3 Å². The Morgan fingerprint density at radius 3 is 2.29 bits per heavy atom. The third-order valence-electron chi connectivity index (χ3n) is 2.22. The van der Waals surface area contributed by atoms with E-state index in [0.717, 1.165) is 12.8 Å². The van der Waals surface area contributed by atoms with E-state index in [1.165, 1.54) is 6.08 Å². The van der Waals surface area contributed by atoms with E-state index in [1.807, 2.05) is 13.8 Å². The predicted octanol–water partition coefficient (Wildman–Crippen LogP) is 2.18. The average Bonchev–Trinajstić information content (AvgIpc) is 2.29. The zero-order chi connectivity index (χ0) is 13.1. The second kappa shape index (κ2) is 10.5. The van der Waals surface area contributed by atoms with Gasteiger partial charge in [-0.05, 0) is 20.3 Å². The van der Waals surface area contributed by atoms with Gasteiger partial charge in [-0.25, -0.2) is 4.79 Å². The maximum Gasteiger partial charge on any atom is 0.330 e. The lowest BCUT2D eigenvalue weighted by Crippen LogP contribution is -2.30. The molecule has 1 unspecified atom stereocenters. The van der Waals surface area contributed by atoms with Crippen molar-refractivity contribution in [1.29, 1.82) is 0 Å². The van der Waals surface area contributed by atoms with Crippen molar-refractivity contribution >= 4 is 15.3 Å². The molecule has 0 aromatic heterocycles. The first-order valence-corrected chi connectivity index (χ1v) is 7.99. The maximum absolute atomic E-state index is 11.2. The van der Waals surface area contributed by atoms with E-state index in [2.05, 4.69) is 13.5 Å². The minimum Gasteiger partial charge on any atom is -0.459 e. The highest BCUT2D eigenvalue weighted by atomic mass is 28.3. The van der Waals surface area contributed by atoms with Gasteiger partial charge in [0, 0.05) is 25.3 Å². The van der Waals surface area contributed by atoms with Gasteiger partial charge in [-0.15, -0.1) is 0 Å². The summed E-state index contributed by atoms with van der Waals surface area (Å²) in [6.07, 6.45) is 2.89. The summed E-state index contributed by atoms with van der Waals surface area (Å²) in [5.74, 6) is -0.371. The summed E-state index contributed by atoms with van der Waals surface area (Å²) in [7, 11) is -1.70. The van der Waals surface area contributed by atoms with Crippen molar-refractivity contribution in [2.45, 2.75) is 45.8 Å². The molecule has 0 rings (SSSR count). The maximum atomic E-state index is 11.2. The molecule has 4 nitrogen and oxygen atoms in total. The van der Waals surface area contributed by atoms with E-state index < -0.39 is 9.28 Å². The van der Waals surface area contributed by atoms with Crippen LogP contribution in [0.15, 0.2) is 12.7 Å². The molecule has 0 bridgehead atoms. The third kappa shape index (κ3) is 8.12. The summed E-state index contributed by atoms with van der Waals surface area (Å²) < 4.78 is 16.4. The van der Waals surface area contributed by atoms with E-state index in [4.69, 9.17) is 13.6 Å². The summed E-state index contributed by atoms with van der Waals surface area (Å²) in [6.45, 7) is 10.6. The van der Waals surface area contributed by atoms with Gasteiger partial charge in [0.05, 0.1) is 0 Å². The second-order valence-corrected chi connectivity index (χ2v) is 5.62. The van der Waals surface area contributed by atoms with Crippen molar-refractivity contribution in [2.75, 3.05) is 13.2 Å². The highest BCUT2D eigenvalue weighted by Crippen LogP contribution is 2.12. The van der Waals surface area contributed by atoms with Gasteiger partial charge >= 0.3 is 15.3 Å². The van der Waals surface area contributed by atoms with Crippen LogP contribution in [-0.2, 0) is 18.4 Å². The number of hydrogen-bond donors (Lipinski definition) is 0. The van der Waals surface area contributed by atoms with Gasteiger partial charge in [0.25, 0.3) is 0 Å². The second-order valence-electron chi connectivity index (χ2n) is 3.63. The fraction of sp³-hybridized carbons (Fsp3) is 0.750. The van der Waals surface area contributed by atoms with Crippen molar-refractivity contribution in [3.63, 3.8) is 0 Å². The molecule has 1 atom stereocenters. The first kappa shape index (κ1) is 16.3. The molecule has 0 amide bonds. The molecule has 0 aromatic rings. The van der Waals surface area contributed by atoms with Crippen LogP contribution in [0, 0.1) is 0 Å². The van der Waals surface area contributed by atoms with Crippen LogP contribution < -0.4 is 0 Å². The summed E-state index contributed by atoms with van der Waals surface area (Å²) in [5.41, 5.74) is 0. The molecule has 0 aliphatic carbocycles. The highest BCUT2D eigenvalue weighted by Gasteiger charge is 2.21. The molecule has 0 N–H and O–H groups in total. The van der Waals surface area contributed by atoms with Crippen LogP contribution in [-0.4, -0.2) is 34.6 Å². The topological polar surface area (TPSA) is 44.8 Å². The van der Waals surface area contributed by atoms with Crippen molar-refractivity contribution in [1.82, 2.24) is 0 Å². The van der Waals surface area contributed by atoms with Crippen LogP contribution in [0.4, 0.5) is 0 Å². The lowest BCUT2D eigenvalue weighted by molar-refractivity contribution is -0.142. The molecule has 0 aliphatic rings. The first-order valence-electron chi connectivity index (χ1n) is 6.24. The number of esters is 1. The first-order chi connectivity index (χ1) is 8.17. The minimum atomic E-state index is -1.70. The summed E-state index contributed by atoms with van der Waals surface area (Å²) in [5, 5.41) is 0. The average molecular weight is 260 g/mol. The highest BCUT2D eigenvalue weighted by molar-refractivity contribution is 6.44. The smallest absolute Gasteiger partial charge is 0.330 e. The SMILES string of the molecule is C=CC(=O)OC(CCC)C[SiH](OCC)OCC. The molecular weight excluding hydrogens is 236 g/mol. The van der Waals surface area contributed by atoms with Crippen molar-refractivity contribution in [3.05, 3.63) is 12.7 Å². The van der Waals surface area contributed by atoms with Gasteiger partial charge in [0.1, 0.15) is 6.10 Å². The fourth-order valence-corrected chi connectivity index (χ4v) is 3.40. The van der Waals surface area contributed by atoms with Crippen molar-refractivity contribution in [2.24, 2.45) is 0 Å². The predicted molar refractivity (Wildman–Crippen MR) is 70.2 cm³/mol. The number of carbonyl (C=O) groups excluding carboxylic acids is 1. The Kier molecular flexibility index (Phi) is 10.1. The largest absolute Gasteiger partial charge is 0.459 e. The Hall–Kier alpha value is -0.653. The van der Waals surface area contributed by atoms with E-state index in [1.54, 1.807) is 0 Å². The van der Waals surface area contributed by atoms with Gasteiger partial charge < -0.3 is 13.6 Å². The third-order valence-corrected chi connectivity index (χ3v) is 4.54. The summed E-state index contributed by atoms with van der Waals surface area (Å²) in [4.78, 5) is 11.2. The van der Waals surface area contributed by atoms with Crippen LogP contribution in [0.25, 0.3) is 0 Å². The summed E-state index contributed by atoms with van der Waals surface area (Å²) in [6, 6.07) is 0.703. The monoisotopic (exact) mass is 260 g/mol. The molecule has 0 aliphatic heterocycles. The lowest BCUT2D eigenvalue weighted by Gasteiger charge is -2.21. The molecule has 0 saturated carbocycles. The van der Waals surface area contributed by atoms with Crippen LogP contribution >= 0.6 is 0 Å². The molecule has 100 valence electrons. The van der Waals surface area contributed by atoms with E-state index in [-0.39, 0.29) is 12.1 Å². The zero-order valence-electron chi connectivity index (χ0n) is 11.1. The normalized spacial score (nSPS) is 12.5. The van der Waals surface area contributed by atoms with Crippen LogP contribution in [0.1, 0.15) is 33.6 Å².